The third-order valence-electron chi connectivity index (χ3n) is 2.37. The maximum Gasteiger partial charge on any atom is 0.270 e. The third kappa shape index (κ3) is 2.14. The molecule has 0 spiro atoms. The summed E-state index contributed by atoms with van der Waals surface area (Å²) in [6, 6.07) is 10.6. The van der Waals surface area contributed by atoms with Gasteiger partial charge in [-0.25, -0.2) is 12.4 Å². The van der Waals surface area contributed by atoms with Gasteiger partial charge in [0.05, 0.1) is 4.90 Å². The zero-order chi connectivity index (χ0) is 12.5. The first-order valence-electron chi connectivity index (χ1n) is 5.02. The normalized spacial score (nSPS) is 11.4. The molecule has 0 aliphatic rings. The largest absolute Gasteiger partial charge is 0.270 e. The van der Waals surface area contributed by atoms with Crippen LogP contribution in [0.15, 0.2) is 58.4 Å². The standard InChI is InChI=1S/C12H11NO3S/c1-10-5-7-11(8-6-10)17(15,16)13-9-3-2-4-12(13)14/h2-9H,1H3. The fourth-order valence-electron chi connectivity index (χ4n) is 1.44. The van der Waals surface area contributed by atoms with Crippen LogP contribution in [-0.2, 0) is 10.0 Å². The number of nitrogens with zero attached hydrogens (tertiary/aromatic N) is 1. The summed E-state index contributed by atoms with van der Waals surface area (Å²) in [5.74, 6) is 0. The lowest BCUT2D eigenvalue weighted by molar-refractivity contribution is 0.585. The highest BCUT2D eigenvalue weighted by Gasteiger charge is 2.16. The molecule has 2 aromatic rings. The van der Waals surface area contributed by atoms with Crippen molar-refractivity contribution in [2.24, 2.45) is 0 Å². The Balaban J connectivity index is 2.62. The van der Waals surface area contributed by atoms with Crippen LogP contribution in [0.5, 0.6) is 0 Å². The summed E-state index contributed by atoms with van der Waals surface area (Å²) in [5.41, 5.74) is 0.400. The Hall–Kier alpha value is -1.88. The Morgan fingerprint density at radius 3 is 2.24 bits per heavy atom. The lowest BCUT2D eigenvalue weighted by Crippen LogP contribution is -2.25. The molecule has 1 aromatic carbocycles. The number of rotatable bonds is 2. The van der Waals surface area contributed by atoms with E-state index < -0.39 is 15.6 Å². The first-order valence-corrected chi connectivity index (χ1v) is 6.46. The monoisotopic (exact) mass is 249 g/mol. The molecule has 0 amide bonds. The minimum atomic E-state index is -3.78. The van der Waals surface area contributed by atoms with Crippen molar-refractivity contribution in [1.82, 2.24) is 3.97 Å². The van der Waals surface area contributed by atoms with Crippen molar-refractivity contribution in [2.45, 2.75) is 11.8 Å². The molecule has 4 nitrogen and oxygen atoms in total. The van der Waals surface area contributed by atoms with Gasteiger partial charge in [-0.05, 0) is 25.1 Å². The van der Waals surface area contributed by atoms with E-state index in [1.807, 2.05) is 6.92 Å². The lowest BCUT2D eigenvalue weighted by Gasteiger charge is -2.06. The van der Waals surface area contributed by atoms with Crippen molar-refractivity contribution in [3.05, 3.63) is 64.6 Å². The summed E-state index contributed by atoms with van der Waals surface area (Å²) in [6.45, 7) is 1.87. The summed E-state index contributed by atoms with van der Waals surface area (Å²) in [4.78, 5) is 11.6. The molecule has 1 heterocycles. The molecule has 0 aliphatic heterocycles. The molecule has 0 unspecified atom stereocenters. The van der Waals surface area contributed by atoms with Gasteiger partial charge in [0.2, 0.25) is 0 Å². The Bertz CT molecular complexity index is 684. The highest BCUT2D eigenvalue weighted by atomic mass is 32.2. The smallest absolute Gasteiger partial charge is 0.268 e. The second kappa shape index (κ2) is 4.18. The van der Waals surface area contributed by atoms with Crippen LogP contribution < -0.4 is 5.56 Å². The van der Waals surface area contributed by atoms with Crippen LogP contribution in [0.2, 0.25) is 0 Å². The van der Waals surface area contributed by atoms with Crippen LogP contribution in [-0.4, -0.2) is 12.4 Å². The molecule has 0 aliphatic carbocycles. The molecule has 2 rings (SSSR count). The molecule has 0 N–H and O–H groups in total. The van der Waals surface area contributed by atoms with Crippen molar-refractivity contribution < 1.29 is 8.42 Å². The summed E-state index contributed by atoms with van der Waals surface area (Å²) < 4.78 is 25.0. The van der Waals surface area contributed by atoms with Gasteiger partial charge >= 0.3 is 0 Å². The highest BCUT2D eigenvalue weighted by Crippen LogP contribution is 2.12. The van der Waals surface area contributed by atoms with E-state index in [4.69, 9.17) is 0 Å². The number of benzene rings is 1. The summed E-state index contributed by atoms with van der Waals surface area (Å²) in [5, 5.41) is 0. The Kier molecular flexibility index (Phi) is 2.85. The molecule has 0 fully saturated rings. The van der Waals surface area contributed by atoms with Crippen molar-refractivity contribution >= 4 is 10.0 Å². The van der Waals surface area contributed by atoms with Gasteiger partial charge in [0, 0.05) is 12.3 Å². The number of pyridine rings is 1. The van der Waals surface area contributed by atoms with Crippen molar-refractivity contribution in [3.63, 3.8) is 0 Å². The van der Waals surface area contributed by atoms with Crippen molar-refractivity contribution in [3.8, 4) is 0 Å². The van der Waals surface area contributed by atoms with Gasteiger partial charge in [-0.2, -0.15) is 0 Å². The number of hydrogen-bond donors (Lipinski definition) is 0. The van der Waals surface area contributed by atoms with E-state index in [0.717, 1.165) is 9.54 Å². The molecule has 88 valence electrons. The van der Waals surface area contributed by atoms with Crippen LogP contribution in [0.1, 0.15) is 5.56 Å². The van der Waals surface area contributed by atoms with Crippen LogP contribution in [0.25, 0.3) is 0 Å². The molecule has 1 aromatic heterocycles. The van der Waals surface area contributed by atoms with E-state index in [2.05, 4.69) is 0 Å². The average Bonchev–Trinajstić information content (AvgIpc) is 2.30. The van der Waals surface area contributed by atoms with Gasteiger partial charge < -0.3 is 0 Å². The van der Waals surface area contributed by atoms with Gasteiger partial charge in [0.15, 0.2) is 0 Å². The average molecular weight is 249 g/mol. The summed E-state index contributed by atoms with van der Waals surface area (Å²) in [7, 11) is -3.78. The quantitative estimate of drug-likeness (QED) is 0.808. The summed E-state index contributed by atoms with van der Waals surface area (Å²) >= 11 is 0. The van der Waals surface area contributed by atoms with Crippen molar-refractivity contribution in [1.29, 1.82) is 0 Å². The molecule has 0 saturated heterocycles. The first-order chi connectivity index (χ1) is 8.01. The van der Waals surface area contributed by atoms with Gasteiger partial charge in [0.1, 0.15) is 0 Å². The van der Waals surface area contributed by atoms with E-state index >= 15 is 0 Å². The maximum atomic E-state index is 12.1. The fraction of sp³-hybridized carbons (Fsp3) is 0.0833. The van der Waals surface area contributed by atoms with E-state index in [-0.39, 0.29) is 4.90 Å². The molecular formula is C12H11NO3S. The minimum Gasteiger partial charge on any atom is -0.268 e. The number of aryl methyl sites for hydroxylation is 1. The van der Waals surface area contributed by atoms with E-state index in [9.17, 15) is 13.2 Å². The topological polar surface area (TPSA) is 56.1 Å². The molecular weight excluding hydrogens is 238 g/mol. The molecule has 0 bridgehead atoms. The molecule has 17 heavy (non-hydrogen) atoms. The zero-order valence-electron chi connectivity index (χ0n) is 9.20. The van der Waals surface area contributed by atoms with Crippen LogP contribution in [0.4, 0.5) is 0 Å². The van der Waals surface area contributed by atoms with E-state index in [1.54, 1.807) is 12.1 Å². The molecule has 0 atom stereocenters. The second-order valence-corrected chi connectivity index (χ2v) is 5.47. The minimum absolute atomic E-state index is 0.108. The van der Waals surface area contributed by atoms with E-state index in [0.29, 0.717) is 0 Å². The third-order valence-corrected chi connectivity index (χ3v) is 4.05. The number of aromatic nitrogens is 1. The maximum absolute atomic E-state index is 12.1. The van der Waals surface area contributed by atoms with Gasteiger partial charge in [-0.1, -0.05) is 23.8 Å². The van der Waals surface area contributed by atoms with Crippen LogP contribution in [0, 0.1) is 6.92 Å². The zero-order valence-corrected chi connectivity index (χ0v) is 10.0. The van der Waals surface area contributed by atoms with Crippen LogP contribution >= 0.6 is 0 Å². The van der Waals surface area contributed by atoms with Crippen molar-refractivity contribution in [2.75, 3.05) is 0 Å². The Morgan fingerprint density at radius 2 is 1.65 bits per heavy atom. The molecule has 0 radical (unpaired) electrons. The predicted octanol–water partition coefficient (Wildman–Crippen LogP) is 1.39. The first kappa shape index (κ1) is 11.6. The fourth-order valence-corrected chi connectivity index (χ4v) is 2.67. The molecule has 0 saturated carbocycles. The van der Waals surface area contributed by atoms with Gasteiger partial charge in [-0.3, -0.25) is 4.79 Å². The van der Waals surface area contributed by atoms with E-state index in [1.165, 1.54) is 36.5 Å². The summed E-state index contributed by atoms with van der Waals surface area (Å²) in [6.07, 6.45) is 1.25. The Labute approximate surface area is 99.2 Å². The predicted molar refractivity (Wildman–Crippen MR) is 64.5 cm³/mol. The second-order valence-electron chi connectivity index (χ2n) is 3.65. The van der Waals surface area contributed by atoms with Crippen LogP contribution in [0.3, 0.4) is 0 Å². The van der Waals surface area contributed by atoms with Gasteiger partial charge in [-0.15, -0.1) is 0 Å². The number of hydrogen-bond acceptors (Lipinski definition) is 3. The highest BCUT2D eigenvalue weighted by molar-refractivity contribution is 7.90. The Morgan fingerprint density at radius 1 is 1.00 bits per heavy atom. The molecule has 5 heteroatoms. The lowest BCUT2D eigenvalue weighted by atomic mass is 10.2. The van der Waals surface area contributed by atoms with Gasteiger partial charge in [0.25, 0.3) is 15.6 Å². The SMILES string of the molecule is Cc1ccc(S(=O)(=O)n2ccccc2=O)cc1.